The van der Waals surface area contributed by atoms with Crippen LogP contribution in [-0.2, 0) is 6.54 Å². The van der Waals surface area contributed by atoms with E-state index in [0.717, 1.165) is 44.2 Å². The Bertz CT molecular complexity index is 444. The second-order valence-electron chi connectivity index (χ2n) is 5.97. The topological polar surface area (TPSA) is 38.5 Å². The number of hydrogen-bond acceptors (Lipinski definition) is 3. The van der Waals surface area contributed by atoms with E-state index in [-0.39, 0.29) is 5.82 Å². The summed E-state index contributed by atoms with van der Waals surface area (Å²) in [6.07, 6.45) is 5.46. The molecule has 2 N–H and O–H groups in total. The molecule has 0 amide bonds. The predicted molar refractivity (Wildman–Crippen MR) is 83.9 cm³/mol. The van der Waals surface area contributed by atoms with Crippen molar-refractivity contribution in [3.05, 3.63) is 29.6 Å². The van der Waals surface area contributed by atoms with Crippen molar-refractivity contribution in [2.45, 2.75) is 57.7 Å². The highest BCUT2D eigenvalue weighted by atomic mass is 19.1. The Balaban J connectivity index is 2.09. The van der Waals surface area contributed by atoms with Crippen LogP contribution in [0.1, 0.15) is 44.6 Å². The largest absolute Gasteiger partial charge is 0.494 e. The minimum absolute atomic E-state index is 0.228. The minimum Gasteiger partial charge on any atom is -0.494 e. The molecule has 0 heterocycles. The Morgan fingerprint density at radius 1 is 1.29 bits per heavy atom. The molecule has 0 radical (unpaired) electrons. The maximum atomic E-state index is 14.3. The molecule has 21 heavy (non-hydrogen) atoms. The van der Waals surface area contributed by atoms with Crippen LogP contribution in [0.3, 0.4) is 0 Å². The summed E-state index contributed by atoms with van der Waals surface area (Å²) in [5.74, 6) is 0.100. The van der Waals surface area contributed by atoms with Gasteiger partial charge in [0.1, 0.15) is 0 Å². The van der Waals surface area contributed by atoms with Gasteiger partial charge in [0.2, 0.25) is 0 Å². The molecule has 118 valence electrons. The fourth-order valence-electron chi connectivity index (χ4n) is 3.20. The molecule has 0 aliphatic heterocycles. The number of rotatable bonds is 6. The van der Waals surface area contributed by atoms with Crippen LogP contribution in [0.15, 0.2) is 18.2 Å². The zero-order valence-corrected chi connectivity index (χ0v) is 13.1. The summed E-state index contributed by atoms with van der Waals surface area (Å²) >= 11 is 0. The van der Waals surface area contributed by atoms with Gasteiger partial charge in [-0.05, 0) is 44.7 Å². The highest BCUT2D eigenvalue weighted by Crippen LogP contribution is 2.26. The SMILES string of the molecule is CCCN(Cc1cccc(OC)c1F)C1CCC(N)CC1. The van der Waals surface area contributed by atoms with E-state index in [1.54, 1.807) is 6.07 Å². The van der Waals surface area contributed by atoms with E-state index < -0.39 is 0 Å². The number of ether oxygens (including phenoxy) is 1. The zero-order chi connectivity index (χ0) is 15.2. The summed E-state index contributed by atoms with van der Waals surface area (Å²) in [5.41, 5.74) is 6.71. The van der Waals surface area contributed by atoms with Crippen LogP contribution < -0.4 is 10.5 Å². The molecule has 1 aliphatic carbocycles. The van der Waals surface area contributed by atoms with Gasteiger partial charge in [0.25, 0.3) is 0 Å². The van der Waals surface area contributed by atoms with Crippen LogP contribution in [0.4, 0.5) is 4.39 Å². The van der Waals surface area contributed by atoms with Gasteiger partial charge >= 0.3 is 0 Å². The smallest absolute Gasteiger partial charge is 0.169 e. The number of nitrogens with zero attached hydrogens (tertiary/aromatic N) is 1. The molecule has 0 unspecified atom stereocenters. The van der Waals surface area contributed by atoms with Gasteiger partial charge in [0.05, 0.1) is 7.11 Å². The summed E-state index contributed by atoms with van der Waals surface area (Å²) in [6, 6.07) is 6.25. The van der Waals surface area contributed by atoms with Crippen LogP contribution in [-0.4, -0.2) is 30.6 Å². The van der Waals surface area contributed by atoms with Crippen LogP contribution in [0.25, 0.3) is 0 Å². The Kier molecular flexibility index (Phi) is 6.00. The second-order valence-corrected chi connectivity index (χ2v) is 5.97. The van der Waals surface area contributed by atoms with Gasteiger partial charge in [0.15, 0.2) is 11.6 Å². The molecule has 1 aliphatic rings. The van der Waals surface area contributed by atoms with Gasteiger partial charge in [-0.15, -0.1) is 0 Å². The number of methoxy groups -OCH3 is 1. The molecule has 0 spiro atoms. The molecule has 0 atom stereocenters. The summed E-state index contributed by atoms with van der Waals surface area (Å²) in [5, 5.41) is 0. The van der Waals surface area contributed by atoms with Crippen molar-refractivity contribution in [3.63, 3.8) is 0 Å². The summed E-state index contributed by atoms with van der Waals surface area (Å²) in [4.78, 5) is 2.41. The average Bonchev–Trinajstić information content (AvgIpc) is 2.49. The summed E-state index contributed by atoms with van der Waals surface area (Å²) in [7, 11) is 1.51. The maximum absolute atomic E-state index is 14.3. The maximum Gasteiger partial charge on any atom is 0.169 e. The first-order valence-electron chi connectivity index (χ1n) is 7.96. The molecule has 1 fully saturated rings. The first-order chi connectivity index (χ1) is 10.2. The van der Waals surface area contributed by atoms with Crippen molar-refractivity contribution < 1.29 is 9.13 Å². The Labute approximate surface area is 127 Å². The van der Waals surface area contributed by atoms with Crippen molar-refractivity contribution in [1.82, 2.24) is 4.90 Å². The molecule has 1 aromatic rings. The second kappa shape index (κ2) is 7.76. The van der Waals surface area contributed by atoms with Crippen LogP contribution in [0, 0.1) is 5.82 Å². The Morgan fingerprint density at radius 2 is 2.00 bits per heavy atom. The van der Waals surface area contributed by atoms with E-state index >= 15 is 0 Å². The zero-order valence-electron chi connectivity index (χ0n) is 13.1. The molecular formula is C17H27FN2O. The molecule has 0 saturated heterocycles. The van der Waals surface area contributed by atoms with E-state index in [9.17, 15) is 4.39 Å². The van der Waals surface area contributed by atoms with Crippen molar-refractivity contribution in [3.8, 4) is 5.75 Å². The van der Waals surface area contributed by atoms with E-state index in [2.05, 4.69) is 11.8 Å². The minimum atomic E-state index is -0.228. The lowest BCUT2D eigenvalue weighted by Crippen LogP contribution is -2.41. The van der Waals surface area contributed by atoms with Gasteiger partial charge in [-0.3, -0.25) is 4.90 Å². The third-order valence-corrected chi connectivity index (χ3v) is 4.41. The van der Waals surface area contributed by atoms with E-state index in [0.29, 0.717) is 24.4 Å². The molecule has 0 bridgehead atoms. The van der Waals surface area contributed by atoms with Crippen molar-refractivity contribution in [1.29, 1.82) is 0 Å². The lowest BCUT2D eigenvalue weighted by molar-refractivity contribution is 0.140. The number of halogens is 1. The molecule has 1 aromatic carbocycles. The quantitative estimate of drug-likeness (QED) is 0.874. The Hall–Kier alpha value is -1.13. The third-order valence-electron chi connectivity index (χ3n) is 4.41. The number of hydrogen-bond donors (Lipinski definition) is 1. The molecule has 0 aromatic heterocycles. The molecule has 4 heteroatoms. The van der Waals surface area contributed by atoms with Gasteiger partial charge in [-0.2, -0.15) is 0 Å². The van der Waals surface area contributed by atoms with E-state index in [1.165, 1.54) is 7.11 Å². The van der Waals surface area contributed by atoms with Gasteiger partial charge < -0.3 is 10.5 Å². The fraction of sp³-hybridized carbons (Fsp3) is 0.647. The molecule has 2 rings (SSSR count). The fourth-order valence-corrected chi connectivity index (χ4v) is 3.20. The highest BCUT2D eigenvalue weighted by molar-refractivity contribution is 5.31. The predicted octanol–water partition coefficient (Wildman–Crippen LogP) is 3.32. The molecular weight excluding hydrogens is 267 g/mol. The lowest BCUT2D eigenvalue weighted by atomic mass is 9.90. The molecule has 3 nitrogen and oxygen atoms in total. The van der Waals surface area contributed by atoms with Gasteiger partial charge in [-0.1, -0.05) is 19.1 Å². The third kappa shape index (κ3) is 4.17. The van der Waals surface area contributed by atoms with E-state index in [4.69, 9.17) is 10.5 Å². The monoisotopic (exact) mass is 294 g/mol. The van der Waals surface area contributed by atoms with Gasteiger partial charge in [-0.25, -0.2) is 4.39 Å². The summed E-state index contributed by atoms with van der Waals surface area (Å²) in [6.45, 7) is 3.82. The van der Waals surface area contributed by atoms with Crippen LogP contribution in [0.5, 0.6) is 5.75 Å². The van der Waals surface area contributed by atoms with Crippen LogP contribution >= 0.6 is 0 Å². The van der Waals surface area contributed by atoms with Crippen molar-refractivity contribution in [2.75, 3.05) is 13.7 Å². The standard InChI is InChI=1S/C17H27FN2O/c1-3-11-20(15-9-7-14(19)8-10-15)12-13-5-4-6-16(21-2)17(13)18/h4-6,14-15H,3,7-12,19H2,1-2H3. The van der Waals surface area contributed by atoms with Crippen molar-refractivity contribution in [2.24, 2.45) is 5.73 Å². The van der Waals surface area contributed by atoms with Crippen molar-refractivity contribution >= 4 is 0 Å². The normalized spacial score (nSPS) is 22.5. The van der Waals surface area contributed by atoms with Gasteiger partial charge in [0, 0.05) is 24.2 Å². The average molecular weight is 294 g/mol. The first kappa shape index (κ1) is 16.2. The number of benzene rings is 1. The first-order valence-corrected chi connectivity index (χ1v) is 7.96. The Morgan fingerprint density at radius 3 is 2.62 bits per heavy atom. The van der Waals surface area contributed by atoms with Crippen LogP contribution in [0.2, 0.25) is 0 Å². The van der Waals surface area contributed by atoms with E-state index in [1.807, 2.05) is 12.1 Å². The molecule has 1 saturated carbocycles. The number of nitrogens with two attached hydrogens (primary N) is 1. The highest BCUT2D eigenvalue weighted by Gasteiger charge is 2.24. The summed E-state index contributed by atoms with van der Waals surface area (Å²) < 4.78 is 19.4. The lowest BCUT2D eigenvalue weighted by Gasteiger charge is -2.36.